The third-order valence-corrected chi connectivity index (χ3v) is 5.04. The number of carbonyl (C=O) groups is 2. The molecule has 2 aromatic carbocycles. The summed E-state index contributed by atoms with van der Waals surface area (Å²) in [6.45, 7) is 5.63. The Hall–Kier alpha value is -3.20. The number of hydrogen-bond donors (Lipinski definition) is 2. The predicted octanol–water partition coefficient (Wildman–Crippen LogP) is 5.31. The number of nitrogens with zero attached hydrogens (tertiary/aromatic N) is 1. The molecule has 0 aliphatic carbocycles. The van der Waals surface area contributed by atoms with Crippen molar-refractivity contribution in [3.05, 3.63) is 48.0 Å². The highest BCUT2D eigenvalue weighted by Gasteiger charge is 2.34. The molecule has 1 aliphatic rings. The van der Waals surface area contributed by atoms with Crippen LogP contribution in [0.1, 0.15) is 39.2 Å². The lowest BCUT2D eigenvalue weighted by atomic mass is 9.94. The zero-order valence-corrected chi connectivity index (χ0v) is 18.5. The Bertz CT molecular complexity index is 960. The van der Waals surface area contributed by atoms with Gasteiger partial charge >= 0.3 is 6.09 Å². The minimum Gasteiger partial charge on any atom is -0.491 e. The van der Waals surface area contributed by atoms with Gasteiger partial charge in [-0.25, -0.2) is 4.79 Å². The number of unbranched alkanes of at least 4 members (excludes halogenated alkanes) is 1. The van der Waals surface area contributed by atoms with E-state index in [0.29, 0.717) is 24.5 Å². The SMILES string of the molecule is CC(=O)Nc1ccc(SON=CCCCOc2cccc3c2NC(=O)OC3(C)C)cc1. The number of anilines is 2. The number of benzene rings is 2. The molecule has 164 valence electrons. The van der Waals surface area contributed by atoms with Crippen LogP contribution < -0.4 is 15.4 Å². The minimum absolute atomic E-state index is 0.111. The van der Waals surface area contributed by atoms with Crippen LogP contribution in [0.25, 0.3) is 0 Å². The molecule has 0 fully saturated rings. The Morgan fingerprint density at radius 1 is 1.26 bits per heavy atom. The van der Waals surface area contributed by atoms with Crippen molar-refractivity contribution in [3.8, 4) is 5.75 Å². The maximum atomic E-state index is 11.8. The number of hydrogen-bond acceptors (Lipinski definition) is 7. The molecule has 2 amide bonds. The van der Waals surface area contributed by atoms with Crippen LogP contribution in [-0.4, -0.2) is 24.8 Å². The molecule has 8 nitrogen and oxygen atoms in total. The number of amides is 2. The van der Waals surface area contributed by atoms with E-state index in [1.54, 1.807) is 18.3 Å². The second-order valence-electron chi connectivity index (χ2n) is 7.35. The molecule has 0 aromatic heterocycles. The van der Waals surface area contributed by atoms with Gasteiger partial charge in [-0.1, -0.05) is 17.3 Å². The summed E-state index contributed by atoms with van der Waals surface area (Å²) in [5.41, 5.74) is 1.56. The van der Waals surface area contributed by atoms with Crippen LogP contribution in [-0.2, 0) is 19.4 Å². The summed E-state index contributed by atoms with van der Waals surface area (Å²) in [6.07, 6.45) is 2.61. The smallest absolute Gasteiger partial charge is 0.412 e. The monoisotopic (exact) mass is 443 g/mol. The van der Waals surface area contributed by atoms with E-state index in [9.17, 15) is 9.59 Å². The molecule has 9 heteroatoms. The van der Waals surface area contributed by atoms with Crippen LogP contribution in [0.5, 0.6) is 5.75 Å². The van der Waals surface area contributed by atoms with Gasteiger partial charge in [-0.05, 0) is 57.0 Å². The number of ether oxygens (including phenoxy) is 2. The van der Waals surface area contributed by atoms with Crippen molar-refractivity contribution in [3.63, 3.8) is 0 Å². The Labute approximate surface area is 185 Å². The summed E-state index contributed by atoms with van der Waals surface area (Å²) in [5, 5.41) is 9.35. The zero-order chi connectivity index (χ0) is 22.3. The second-order valence-corrected chi connectivity index (χ2v) is 8.13. The van der Waals surface area contributed by atoms with Crippen molar-refractivity contribution in [1.82, 2.24) is 0 Å². The van der Waals surface area contributed by atoms with Crippen molar-refractivity contribution in [2.75, 3.05) is 17.2 Å². The summed E-state index contributed by atoms with van der Waals surface area (Å²) in [6, 6.07) is 12.9. The predicted molar refractivity (Wildman–Crippen MR) is 120 cm³/mol. The van der Waals surface area contributed by atoms with Gasteiger partial charge in [0.25, 0.3) is 0 Å². The van der Waals surface area contributed by atoms with Crippen LogP contribution in [0.2, 0.25) is 0 Å². The summed E-state index contributed by atoms with van der Waals surface area (Å²) >= 11 is 1.13. The Morgan fingerprint density at radius 3 is 2.77 bits per heavy atom. The van der Waals surface area contributed by atoms with E-state index < -0.39 is 11.7 Å². The van der Waals surface area contributed by atoms with E-state index in [2.05, 4.69) is 15.8 Å². The summed E-state index contributed by atoms with van der Waals surface area (Å²) in [5.74, 6) is 0.508. The number of rotatable bonds is 9. The average molecular weight is 444 g/mol. The van der Waals surface area contributed by atoms with Gasteiger partial charge in [0.05, 0.1) is 17.2 Å². The van der Waals surface area contributed by atoms with E-state index in [1.807, 2.05) is 44.2 Å². The first-order valence-electron chi connectivity index (χ1n) is 9.84. The van der Waals surface area contributed by atoms with E-state index in [4.69, 9.17) is 13.8 Å². The van der Waals surface area contributed by atoms with E-state index in [1.165, 1.54) is 6.92 Å². The molecule has 0 saturated carbocycles. The highest BCUT2D eigenvalue weighted by molar-refractivity contribution is 7.94. The molecule has 1 aliphatic heterocycles. The van der Waals surface area contributed by atoms with E-state index in [0.717, 1.165) is 34.6 Å². The zero-order valence-electron chi connectivity index (χ0n) is 17.6. The molecular formula is C22H25N3O5S. The molecular weight excluding hydrogens is 418 g/mol. The first-order valence-corrected chi connectivity index (χ1v) is 10.6. The largest absolute Gasteiger partial charge is 0.491 e. The molecule has 0 saturated heterocycles. The van der Waals surface area contributed by atoms with Crippen molar-refractivity contribution in [2.45, 2.75) is 44.1 Å². The van der Waals surface area contributed by atoms with Gasteiger partial charge < -0.3 is 19.1 Å². The third kappa shape index (κ3) is 6.39. The van der Waals surface area contributed by atoms with Gasteiger partial charge in [0.2, 0.25) is 5.91 Å². The molecule has 2 N–H and O–H groups in total. The minimum atomic E-state index is -0.705. The Balaban J connectivity index is 1.39. The highest BCUT2D eigenvalue weighted by atomic mass is 32.2. The van der Waals surface area contributed by atoms with Gasteiger partial charge in [-0.15, -0.1) is 0 Å². The Morgan fingerprint density at radius 2 is 2.03 bits per heavy atom. The summed E-state index contributed by atoms with van der Waals surface area (Å²) in [4.78, 5) is 23.7. The maximum Gasteiger partial charge on any atom is 0.412 e. The quantitative estimate of drug-likeness (QED) is 0.236. The maximum absolute atomic E-state index is 11.8. The second kappa shape index (κ2) is 10.2. The van der Waals surface area contributed by atoms with Crippen molar-refractivity contribution in [2.24, 2.45) is 5.16 Å². The number of para-hydroxylation sites is 1. The lowest BCUT2D eigenvalue weighted by Gasteiger charge is -2.33. The fraction of sp³-hybridized carbons (Fsp3) is 0.318. The Kier molecular flexibility index (Phi) is 7.41. The summed E-state index contributed by atoms with van der Waals surface area (Å²) < 4.78 is 16.4. The topological polar surface area (TPSA) is 98.3 Å². The van der Waals surface area contributed by atoms with Gasteiger partial charge in [-0.3, -0.25) is 10.1 Å². The fourth-order valence-electron chi connectivity index (χ4n) is 3.00. The third-order valence-electron chi connectivity index (χ3n) is 4.41. The molecule has 2 aromatic rings. The number of nitrogens with one attached hydrogen (secondary N) is 2. The van der Waals surface area contributed by atoms with Crippen LogP contribution in [0.3, 0.4) is 0 Å². The van der Waals surface area contributed by atoms with Gasteiger partial charge in [-0.2, -0.15) is 0 Å². The average Bonchev–Trinajstić information content (AvgIpc) is 2.70. The van der Waals surface area contributed by atoms with Gasteiger partial charge in [0, 0.05) is 24.4 Å². The highest BCUT2D eigenvalue weighted by Crippen LogP contribution is 2.40. The molecule has 0 atom stereocenters. The normalized spacial score (nSPS) is 14.4. The van der Waals surface area contributed by atoms with Crippen molar-refractivity contribution in [1.29, 1.82) is 0 Å². The number of carbonyl (C=O) groups excluding carboxylic acids is 2. The number of cyclic esters (lactones) is 1. The molecule has 3 rings (SSSR count). The standard InChI is InChI=1S/C22H25N3O5S/c1-15(26)24-16-9-11-17(12-10-16)31-30-23-13-4-5-14-28-19-8-6-7-18-20(19)25-21(27)29-22(18,2)3/h6-13H,4-5,14H2,1-3H3,(H,24,26)(H,25,27). The molecule has 0 unspecified atom stereocenters. The van der Waals surface area contributed by atoms with Gasteiger partial charge in [0.15, 0.2) is 0 Å². The van der Waals surface area contributed by atoms with Gasteiger partial charge in [0.1, 0.15) is 23.4 Å². The number of oxime groups is 1. The lowest BCUT2D eigenvalue weighted by molar-refractivity contribution is -0.114. The fourth-order valence-corrected chi connectivity index (χ4v) is 3.44. The van der Waals surface area contributed by atoms with Crippen molar-refractivity contribution >= 4 is 41.6 Å². The molecule has 0 spiro atoms. The van der Waals surface area contributed by atoms with Crippen LogP contribution in [0.15, 0.2) is 52.5 Å². The molecule has 0 bridgehead atoms. The molecule has 1 heterocycles. The van der Waals surface area contributed by atoms with E-state index >= 15 is 0 Å². The van der Waals surface area contributed by atoms with Crippen LogP contribution in [0, 0.1) is 0 Å². The number of fused-ring (bicyclic) bond motifs is 1. The van der Waals surface area contributed by atoms with Crippen LogP contribution in [0.4, 0.5) is 16.2 Å². The van der Waals surface area contributed by atoms with Crippen LogP contribution >= 0.6 is 12.0 Å². The molecule has 0 radical (unpaired) electrons. The molecule has 31 heavy (non-hydrogen) atoms. The first-order chi connectivity index (χ1) is 14.8. The lowest BCUT2D eigenvalue weighted by Crippen LogP contribution is -2.34. The van der Waals surface area contributed by atoms with Crippen molar-refractivity contribution < 1.29 is 23.3 Å². The first kappa shape index (κ1) is 22.5. The summed E-state index contributed by atoms with van der Waals surface area (Å²) in [7, 11) is 0. The van der Waals surface area contributed by atoms with E-state index in [-0.39, 0.29) is 5.91 Å².